The summed E-state index contributed by atoms with van der Waals surface area (Å²) in [6.07, 6.45) is 1.72. The lowest BCUT2D eigenvalue weighted by molar-refractivity contribution is 0.377. The van der Waals surface area contributed by atoms with E-state index in [1.807, 2.05) is 43.3 Å². The van der Waals surface area contributed by atoms with E-state index in [1.54, 1.807) is 13.1 Å². The van der Waals surface area contributed by atoms with Gasteiger partial charge >= 0.3 is 6.01 Å². The molecule has 1 aromatic carbocycles. The van der Waals surface area contributed by atoms with E-state index < -0.39 is 0 Å². The molecule has 0 spiro atoms. The van der Waals surface area contributed by atoms with Crippen LogP contribution in [0, 0.1) is 6.92 Å². The normalized spacial score (nSPS) is 10.8. The Hall–Kier alpha value is -2.50. The number of ether oxygens (including phenoxy) is 1. The molecule has 0 aliphatic carbocycles. The van der Waals surface area contributed by atoms with Crippen molar-refractivity contribution in [1.29, 1.82) is 0 Å². The van der Waals surface area contributed by atoms with Gasteiger partial charge in [0.25, 0.3) is 5.95 Å². The van der Waals surface area contributed by atoms with Crippen molar-refractivity contribution in [3.63, 3.8) is 0 Å². The fraction of sp³-hybridized carbons (Fsp3) is 0.286. The molecular weight excluding hydrogens is 254 g/mol. The summed E-state index contributed by atoms with van der Waals surface area (Å²) >= 11 is 0. The van der Waals surface area contributed by atoms with E-state index in [0.29, 0.717) is 11.8 Å². The van der Waals surface area contributed by atoms with Gasteiger partial charge in [-0.15, -0.1) is 0 Å². The zero-order chi connectivity index (χ0) is 14.5. The second-order valence-electron chi connectivity index (χ2n) is 4.41. The molecule has 6 heteroatoms. The van der Waals surface area contributed by atoms with Gasteiger partial charge in [-0.1, -0.05) is 12.1 Å². The average molecular weight is 271 g/mol. The Morgan fingerprint density at radius 3 is 2.40 bits per heavy atom. The SMILES string of the molecule is COc1nc(C)nc(N=Cc2ccc(N(C)C)cc2)n1. The number of benzene rings is 1. The summed E-state index contributed by atoms with van der Waals surface area (Å²) in [5, 5.41) is 0. The molecule has 0 atom stereocenters. The molecule has 0 saturated carbocycles. The van der Waals surface area contributed by atoms with Crippen molar-refractivity contribution in [2.24, 2.45) is 4.99 Å². The van der Waals surface area contributed by atoms with Crippen molar-refractivity contribution in [3.8, 4) is 6.01 Å². The number of rotatable bonds is 4. The van der Waals surface area contributed by atoms with Gasteiger partial charge < -0.3 is 9.64 Å². The van der Waals surface area contributed by atoms with Gasteiger partial charge in [-0.25, -0.2) is 4.99 Å². The van der Waals surface area contributed by atoms with Crippen molar-refractivity contribution in [1.82, 2.24) is 15.0 Å². The molecule has 104 valence electrons. The van der Waals surface area contributed by atoms with Crippen molar-refractivity contribution < 1.29 is 4.74 Å². The van der Waals surface area contributed by atoms with Crippen LogP contribution in [-0.4, -0.2) is 42.4 Å². The summed E-state index contributed by atoms with van der Waals surface area (Å²) in [5.41, 5.74) is 2.12. The second kappa shape index (κ2) is 6.10. The Kier molecular flexibility index (Phi) is 4.24. The Morgan fingerprint density at radius 1 is 1.10 bits per heavy atom. The zero-order valence-corrected chi connectivity index (χ0v) is 12.0. The minimum atomic E-state index is 0.271. The van der Waals surface area contributed by atoms with Gasteiger partial charge in [0.05, 0.1) is 7.11 Å². The van der Waals surface area contributed by atoms with E-state index in [9.17, 15) is 0 Å². The van der Waals surface area contributed by atoms with E-state index in [1.165, 1.54) is 7.11 Å². The number of hydrogen-bond acceptors (Lipinski definition) is 6. The van der Waals surface area contributed by atoms with Crippen LogP contribution in [0.25, 0.3) is 0 Å². The Morgan fingerprint density at radius 2 is 1.80 bits per heavy atom. The van der Waals surface area contributed by atoms with E-state index >= 15 is 0 Å². The van der Waals surface area contributed by atoms with E-state index in [0.717, 1.165) is 11.3 Å². The lowest BCUT2D eigenvalue weighted by atomic mass is 10.2. The summed E-state index contributed by atoms with van der Waals surface area (Å²) in [6, 6.07) is 8.31. The predicted molar refractivity (Wildman–Crippen MR) is 79.1 cm³/mol. The lowest BCUT2D eigenvalue weighted by Crippen LogP contribution is -2.08. The Labute approximate surface area is 118 Å². The highest BCUT2D eigenvalue weighted by atomic mass is 16.5. The third-order valence-corrected chi connectivity index (χ3v) is 2.64. The monoisotopic (exact) mass is 271 g/mol. The van der Waals surface area contributed by atoms with Crippen molar-refractivity contribution in [2.45, 2.75) is 6.92 Å². The predicted octanol–water partition coefficient (Wildman–Crippen LogP) is 2.01. The number of aryl methyl sites for hydroxylation is 1. The molecule has 1 aromatic heterocycles. The Balaban J connectivity index is 2.18. The standard InChI is InChI=1S/C14H17N5O/c1-10-16-13(18-14(17-10)20-4)15-9-11-5-7-12(8-6-11)19(2)3/h5-9H,1-4H3. The molecule has 0 bridgehead atoms. The summed E-state index contributed by atoms with van der Waals surface area (Å²) < 4.78 is 4.99. The first-order valence-corrected chi connectivity index (χ1v) is 6.16. The molecule has 0 saturated heterocycles. The molecule has 6 nitrogen and oxygen atoms in total. The second-order valence-corrected chi connectivity index (χ2v) is 4.41. The van der Waals surface area contributed by atoms with Gasteiger partial charge in [-0.3, -0.25) is 0 Å². The Bertz CT molecular complexity index is 607. The highest BCUT2D eigenvalue weighted by Crippen LogP contribution is 2.13. The maximum Gasteiger partial charge on any atom is 0.321 e. The van der Waals surface area contributed by atoms with Crippen LogP contribution in [0.5, 0.6) is 6.01 Å². The maximum atomic E-state index is 4.99. The van der Waals surface area contributed by atoms with Crippen molar-refractivity contribution in [2.75, 3.05) is 26.1 Å². The van der Waals surface area contributed by atoms with E-state index in [2.05, 4.69) is 19.9 Å². The fourth-order valence-electron chi connectivity index (χ4n) is 1.58. The van der Waals surface area contributed by atoms with Crippen LogP contribution < -0.4 is 9.64 Å². The minimum Gasteiger partial charge on any atom is -0.467 e. The van der Waals surface area contributed by atoms with Gasteiger partial charge in [0.15, 0.2) is 0 Å². The van der Waals surface area contributed by atoms with Gasteiger partial charge in [0, 0.05) is 26.0 Å². The molecule has 0 radical (unpaired) electrons. The summed E-state index contributed by atoms with van der Waals surface area (Å²) in [5.74, 6) is 0.915. The molecule has 2 aromatic rings. The fourth-order valence-corrected chi connectivity index (χ4v) is 1.58. The van der Waals surface area contributed by atoms with Crippen LogP contribution in [-0.2, 0) is 0 Å². The summed E-state index contributed by atoms with van der Waals surface area (Å²) in [6.45, 7) is 1.77. The summed E-state index contributed by atoms with van der Waals surface area (Å²) in [4.78, 5) is 18.5. The third kappa shape index (κ3) is 3.50. The highest BCUT2D eigenvalue weighted by molar-refractivity contribution is 5.81. The smallest absolute Gasteiger partial charge is 0.321 e. The van der Waals surface area contributed by atoms with Gasteiger partial charge in [-0.05, 0) is 24.6 Å². The molecule has 0 unspecified atom stereocenters. The maximum absolute atomic E-state index is 4.99. The largest absolute Gasteiger partial charge is 0.467 e. The third-order valence-electron chi connectivity index (χ3n) is 2.64. The average Bonchev–Trinajstić information content (AvgIpc) is 2.45. The zero-order valence-electron chi connectivity index (χ0n) is 12.0. The van der Waals surface area contributed by atoms with Crippen LogP contribution in [0.2, 0.25) is 0 Å². The molecular formula is C14H17N5O. The van der Waals surface area contributed by atoms with Gasteiger partial charge in [0.1, 0.15) is 5.82 Å². The number of aromatic nitrogens is 3. The quantitative estimate of drug-likeness (QED) is 0.796. The van der Waals surface area contributed by atoms with Crippen LogP contribution in [0.4, 0.5) is 11.6 Å². The molecule has 0 amide bonds. The number of methoxy groups -OCH3 is 1. The molecule has 1 heterocycles. The number of aliphatic imine (C=N–C) groups is 1. The highest BCUT2D eigenvalue weighted by Gasteiger charge is 2.01. The minimum absolute atomic E-state index is 0.271. The van der Waals surface area contributed by atoms with E-state index in [4.69, 9.17) is 4.74 Å². The molecule has 0 aliphatic rings. The molecule has 0 aliphatic heterocycles. The molecule has 0 N–H and O–H groups in total. The first kappa shape index (κ1) is 13.9. The van der Waals surface area contributed by atoms with Gasteiger partial charge in [0.2, 0.25) is 0 Å². The number of nitrogens with zero attached hydrogens (tertiary/aromatic N) is 5. The number of hydrogen-bond donors (Lipinski definition) is 0. The van der Waals surface area contributed by atoms with Crippen molar-refractivity contribution in [3.05, 3.63) is 35.7 Å². The molecule has 0 fully saturated rings. The van der Waals surface area contributed by atoms with Crippen LogP contribution >= 0.6 is 0 Å². The summed E-state index contributed by atoms with van der Waals surface area (Å²) in [7, 11) is 5.52. The van der Waals surface area contributed by atoms with E-state index in [-0.39, 0.29) is 6.01 Å². The van der Waals surface area contributed by atoms with Crippen molar-refractivity contribution >= 4 is 17.9 Å². The van der Waals surface area contributed by atoms with Crippen LogP contribution in [0.15, 0.2) is 29.3 Å². The first-order valence-electron chi connectivity index (χ1n) is 6.16. The first-order chi connectivity index (χ1) is 9.58. The van der Waals surface area contributed by atoms with Crippen LogP contribution in [0.3, 0.4) is 0 Å². The molecule has 2 rings (SSSR count). The topological polar surface area (TPSA) is 63.5 Å². The van der Waals surface area contributed by atoms with Crippen LogP contribution in [0.1, 0.15) is 11.4 Å². The van der Waals surface area contributed by atoms with Gasteiger partial charge in [-0.2, -0.15) is 15.0 Å². The lowest BCUT2D eigenvalue weighted by Gasteiger charge is -2.11. The number of anilines is 1. The molecule has 20 heavy (non-hydrogen) atoms.